The number of benzene rings is 1. The molecule has 18 nitrogen and oxygen atoms in total. The summed E-state index contributed by atoms with van der Waals surface area (Å²) >= 11 is 4.56. The molecule has 54 heavy (non-hydrogen) atoms. The molecule has 0 spiro atoms. The quantitative estimate of drug-likeness (QED) is 0.166. The van der Waals surface area contributed by atoms with Gasteiger partial charge in [-0.2, -0.15) is 4.37 Å². The topological polar surface area (TPSA) is 209 Å². The SMILES string of the molecule is CC(OC(=O)CCC(=O)O[C@@H](CNC(C)(C)C)COc1nsnc1N1CCOCC1)C(=O)OC(C)C(=O)N(C1=NCCN1)c1ccc2nccnc2c1Br. The minimum atomic E-state index is -1.37. The molecule has 292 valence electrons. The van der Waals surface area contributed by atoms with Crippen LogP contribution in [0.4, 0.5) is 11.5 Å². The minimum absolute atomic E-state index is 0.00541. The van der Waals surface area contributed by atoms with Crippen LogP contribution >= 0.6 is 27.7 Å². The number of anilines is 2. The summed E-state index contributed by atoms with van der Waals surface area (Å²) < 4.78 is 36.8. The molecule has 5 rings (SSSR count). The van der Waals surface area contributed by atoms with E-state index in [1.54, 1.807) is 18.3 Å². The zero-order valence-corrected chi connectivity index (χ0v) is 33.1. The van der Waals surface area contributed by atoms with Crippen LogP contribution < -0.4 is 25.2 Å². The van der Waals surface area contributed by atoms with Gasteiger partial charge in [0.1, 0.15) is 18.2 Å². The number of aliphatic imine (C=N–C) groups is 1. The summed E-state index contributed by atoms with van der Waals surface area (Å²) in [6, 6.07) is 3.40. The Balaban J connectivity index is 1.12. The second-order valence-electron chi connectivity index (χ2n) is 13.4. The van der Waals surface area contributed by atoms with E-state index in [1.807, 2.05) is 25.7 Å². The number of nitrogens with one attached hydrogen (secondary N) is 2. The molecular formula is C34H44BrN9O9S. The number of hydrogen-bond donors (Lipinski definition) is 2. The lowest BCUT2D eigenvalue weighted by Gasteiger charge is -2.27. The van der Waals surface area contributed by atoms with Crippen LogP contribution in [-0.4, -0.2) is 125 Å². The summed E-state index contributed by atoms with van der Waals surface area (Å²) in [6.07, 6.45) is -0.958. The Hall–Kier alpha value is -4.53. The number of morpholine rings is 1. The van der Waals surface area contributed by atoms with E-state index in [4.69, 9.17) is 23.7 Å². The van der Waals surface area contributed by atoms with Crippen molar-refractivity contribution in [2.45, 2.75) is 71.3 Å². The first-order chi connectivity index (χ1) is 25.8. The Morgan fingerprint density at radius 3 is 2.44 bits per heavy atom. The third-order valence-electron chi connectivity index (χ3n) is 8.02. The van der Waals surface area contributed by atoms with Crippen molar-refractivity contribution in [1.82, 2.24) is 29.3 Å². The maximum atomic E-state index is 13.8. The Bertz CT molecular complexity index is 1830. The van der Waals surface area contributed by atoms with E-state index in [2.05, 4.69) is 50.3 Å². The molecule has 2 aliphatic rings. The predicted octanol–water partition coefficient (Wildman–Crippen LogP) is 2.40. The van der Waals surface area contributed by atoms with Gasteiger partial charge < -0.3 is 39.2 Å². The third-order valence-corrected chi connectivity index (χ3v) is 9.30. The average Bonchev–Trinajstić information content (AvgIpc) is 3.86. The molecule has 2 aromatic heterocycles. The maximum Gasteiger partial charge on any atom is 0.347 e. The molecule has 0 radical (unpaired) electrons. The largest absolute Gasteiger partial charge is 0.470 e. The van der Waals surface area contributed by atoms with Crippen molar-refractivity contribution in [3.8, 4) is 5.88 Å². The van der Waals surface area contributed by atoms with Crippen LogP contribution in [0.15, 0.2) is 34.0 Å². The summed E-state index contributed by atoms with van der Waals surface area (Å²) in [7, 11) is 0. The van der Waals surface area contributed by atoms with E-state index in [1.165, 1.54) is 24.9 Å². The number of halogens is 1. The highest BCUT2D eigenvalue weighted by molar-refractivity contribution is 9.10. The van der Waals surface area contributed by atoms with Gasteiger partial charge in [0.05, 0.1) is 60.0 Å². The van der Waals surface area contributed by atoms with Gasteiger partial charge in [0.25, 0.3) is 11.8 Å². The number of aromatic nitrogens is 4. The molecule has 0 bridgehead atoms. The van der Waals surface area contributed by atoms with Crippen molar-refractivity contribution < 1.29 is 42.9 Å². The van der Waals surface area contributed by atoms with Gasteiger partial charge in [0.2, 0.25) is 11.8 Å². The second-order valence-corrected chi connectivity index (χ2v) is 14.7. The molecule has 1 aromatic carbocycles. The van der Waals surface area contributed by atoms with E-state index in [0.29, 0.717) is 72.3 Å². The summed E-state index contributed by atoms with van der Waals surface area (Å²) in [5.74, 6) is -1.82. The van der Waals surface area contributed by atoms with Crippen molar-refractivity contribution in [2.24, 2.45) is 4.99 Å². The molecule has 2 aliphatic heterocycles. The van der Waals surface area contributed by atoms with Crippen molar-refractivity contribution in [3.05, 3.63) is 29.0 Å². The fourth-order valence-corrected chi connectivity index (χ4v) is 6.39. The van der Waals surface area contributed by atoms with Crippen molar-refractivity contribution >= 4 is 80.0 Å². The van der Waals surface area contributed by atoms with E-state index in [-0.39, 0.29) is 37.5 Å². The van der Waals surface area contributed by atoms with E-state index < -0.39 is 42.1 Å². The predicted molar refractivity (Wildman–Crippen MR) is 201 cm³/mol. The number of amides is 1. The summed E-state index contributed by atoms with van der Waals surface area (Å²) in [5, 5.41) is 6.37. The normalized spacial score (nSPS) is 16.1. The average molecular weight is 835 g/mol. The van der Waals surface area contributed by atoms with E-state index in [0.717, 1.165) is 11.7 Å². The monoisotopic (exact) mass is 833 g/mol. The highest BCUT2D eigenvalue weighted by Crippen LogP contribution is 2.33. The molecule has 2 N–H and O–H groups in total. The van der Waals surface area contributed by atoms with Gasteiger partial charge in [-0.15, -0.1) is 4.37 Å². The number of ether oxygens (including phenoxy) is 5. The molecule has 3 atom stereocenters. The first-order valence-electron chi connectivity index (χ1n) is 17.4. The number of carbonyl (C=O) groups excluding carboxylic acids is 4. The molecule has 0 saturated carbocycles. The zero-order valence-electron chi connectivity index (χ0n) is 30.7. The molecule has 1 fully saturated rings. The van der Waals surface area contributed by atoms with Gasteiger partial charge in [-0.1, -0.05) is 0 Å². The van der Waals surface area contributed by atoms with Gasteiger partial charge in [0.15, 0.2) is 12.2 Å². The summed E-state index contributed by atoms with van der Waals surface area (Å²) in [4.78, 5) is 68.6. The third kappa shape index (κ3) is 11.0. The second kappa shape index (κ2) is 18.7. The molecule has 1 saturated heterocycles. The van der Waals surface area contributed by atoms with Crippen LogP contribution in [0, 0.1) is 0 Å². The number of nitrogens with zero attached hydrogens (tertiary/aromatic N) is 7. The first-order valence-corrected chi connectivity index (χ1v) is 19.0. The van der Waals surface area contributed by atoms with Gasteiger partial charge in [-0.05, 0) is 62.7 Å². The Morgan fingerprint density at radius 1 is 1.02 bits per heavy atom. The lowest BCUT2D eigenvalue weighted by atomic mass is 10.1. The fourth-order valence-electron chi connectivity index (χ4n) is 5.25. The number of hydrogen-bond acceptors (Lipinski definition) is 18. The van der Waals surface area contributed by atoms with Crippen LogP contribution in [0.3, 0.4) is 0 Å². The summed E-state index contributed by atoms with van der Waals surface area (Å²) in [6.45, 7) is 12.3. The van der Waals surface area contributed by atoms with Gasteiger partial charge in [-0.25, -0.2) is 9.69 Å². The van der Waals surface area contributed by atoms with E-state index in [9.17, 15) is 19.2 Å². The van der Waals surface area contributed by atoms with Gasteiger partial charge >= 0.3 is 17.9 Å². The van der Waals surface area contributed by atoms with Crippen LogP contribution in [-0.2, 0) is 38.1 Å². The van der Waals surface area contributed by atoms with Crippen molar-refractivity contribution in [2.75, 3.05) is 62.3 Å². The van der Waals surface area contributed by atoms with Gasteiger partial charge in [-0.3, -0.25) is 29.3 Å². The standard InChI is InChI=1S/C34H44BrN9O9S/c1-20(31(47)44(33-38-12-13-39-33)24-7-6-23-28(27(24)35)37-11-10-36-23)52-32(48)21(2)51-25(45)8-9-26(46)53-22(18-40-34(3,4)5)19-50-30-29(41-54-42-30)43-14-16-49-17-15-43/h6-7,10-11,20-22,40H,8-9,12-19H2,1-5H3,(H,38,39)/t20?,21?,22-/m0/s1. The molecule has 3 aromatic rings. The first kappa shape index (κ1) is 40.7. The molecule has 20 heteroatoms. The van der Waals surface area contributed by atoms with E-state index >= 15 is 0 Å². The smallest absolute Gasteiger partial charge is 0.347 e. The van der Waals surface area contributed by atoms with Gasteiger partial charge in [0, 0.05) is 44.1 Å². The zero-order chi connectivity index (χ0) is 38.8. The number of carbonyl (C=O) groups is 4. The van der Waals surface area contributed by atoms with Crippen LogP contribution in [0.1, 0.15) is 47.5 Å². The molecule has 1 amide bonds. The molecule has 2 unspecified atom stereocenters. The van der Waals surface area contributed by atoms with Crippen molar-refractivity contribution in [1.29, 1.82) is 0 Å². The van der Waals surface area contributed by atoms with Crippen molar-refractivity contribution in [3.63, 3.8) is 0 Å². The lowest BCUT2D eigenvalue weighted by Crippen LogP contribution is -2.48. The number of guanidine groups is 1. The molecular weight excluding hydrogens is 790 g/mol. The Kier molecular flexibility index (Phi) is 14.1. The maximum absolute atomic E-state index is 13.8. The lowest BCUT2D eigenvalue weighted by molar-refractivity contribution is -0.171. The van der Waals surface area contributed by atoms with Crippen LogP contribution in [0.2, 0.25) is 0 Å². The molecule has 0 aliphatic carbocycles. The Morgan fingerprint density at radius 2 is 1.74 bits per heavy atom. The fraction of sp³-hybridized carbons (Fsp3) is 0.559. The van der Waals surface area contributed by atoms with Crippen LogP contribution in [0.25, 0.3) is 11.0 Å². The number of fused-ring (bicyclic) bond motifs is 1. The minimum Gasteiger partial charge on any atom is -0.470 e. The number of esters is 3. The highest BCUT2D eigenvalue weighted by atomic mass is 79.9. The number of rotatable bonds is 15. The Labute approximate surface area is 324 Å². The molecule has 4 heterocycles. The highest BCUT2D eigenvalue weighted by Gasteiger charge is 2.33. The summed E-state index contributed by atoms with van der Waals surface area (Å²) in [5.41, 5.74) is 1.28. The van der Waals surface area contributed by atoms with Crippen LogP contribution in [0.5, 0.6) is 5.88 Å².